The highest BCUT2D eigenvalue weighted by Gasteiger charge is 2.30. The van der Waals surface area contributed by atoms with Crippen molar-refractivity contribution in [2.24, 2.45) is 0 Å². The standard InChI is InChI=1S/C21H24N2O5S/c1-3-27-19(24)10-12-22-13-14-23(21(22)26)18(17-8-6-5-7-9-17)16-29-15-11-20(25)28-4-2/h5-12,15-16H,3-4,13-14H2,1-2H3/b12-10+,15-11+,18-16-. The molecule has 1 saturated heterocycles. The predicted octanol–water partition coefficient (Wildman–Crippen LogP) is 3.61. The van der Waals surface area contributed by atoms with Crippen LogP contribution in [0.25, 0.3) is 5.70 Å². The summed E-state index contributed by atoms with van der Waals surface area (Å²) in [6.45, 7) is 4.97. The van der Waals surface area contributed by atoms with E-state index in [1.54, 1.807) is 24.2 Å². The summed E-state index contributed by atoms with van der Waals surface area (Å²) in [5.41, 5.74) is 1.58. The van der Waals surface area contributed by atoms with Crippen molar-refractivity contribution in [3.8, 4) is 0 Å². The topological polar surface area (TPSA) is 76.2 Å². The van der Waals surface area contributed by atoms with E-state index in [2.05, 4.69) is 0 Å². The van der Waals surface area contributed by atoms with E-state index in [1.807, 2.05) is 35.7 Å². The van der Waals surface area contributed by atoms with Gasteiger partial charge in [-0.25, -0.2) is 14.4 Å². The van der Waals surface area contributed by atoms with Crippen molar-refractivity contribution in [2.75, 3.05) is 26.3 Å². The molecule has 154 valence electrons. The smallest absolute Gasteiger partial charge is 0.332 e. The van der Waals surface area contributed by atoms with Crippen LogP contribution in [-0.2, 0) is 19.1 Å². The minimum atomic E-state index is -0.489. The number of esters is 2. The van der Waals surface area contributed by atoms with E-state index in [0.29, 0.717) is 25.4 Å². The Hall–Kier alpha value is -3.00. The number of hydrogen-bond donors (Lipinski definition) is 0. The third kappa shape index (κ3) is 6.83. The second-order valence-corrected chi connectivity index (χ2v) is 6.54. The van der Waals surface area contributed by atoms with Gasteiger partial charge in [-0.3, -0.25) is 9.80 Å². The molecule has 1 fully saturated rings. The van der Waals surface area contributed by atoms with E-state index in [4.69, 9.17) is 9.47 Å². The van der Waals surface area contributed by atoms with Gasteiger partial charge in [-0.1, -0.05) is 30.3 Å². The summed E-state index contributed by atoms with van der Waals surface area (Å²) < 4.78 is 9.70. The van der Waals surface area contributed by atoms with Crippen LogP contribution in [0.15, 0.2) is 59.5 Å². The second-order valence-electron chi connectivity index (χ2n) is 5.76. The first kappa shape index (κ1) is 22.3. The molecule has 1 aromatic rings. The fourth-order valence-electron chi connectivity index (χ4n) is 2.54. The number of nitrogens with zero attached hydrogens (tertiary/aromatic N) is 2. The van der Waals surface area contributed by atoms with Gasteiger partial charge in [0.15, 0.2) is 0 Å². The van der Waals surface area contributed by atoms with Crippen LogP contribution in [0.5, 0.6) is 0 Å². The first-order valence-electron chi connectivity index (χ1n) is 9.24. The monoisotopic (exact) mass is 416 g/mol. The van der Waals surface area contributed by atoms with Crippen molar-refractivity contribution < 1.29 is 23.9 Å². The van der Waals surface area contributed by atoms with Crippen molar-refractivity contribution in [1.29, 1.82) is 0 Å². The molecule has 0 radical (unpaired) electrons. The lowest BCUT2D eigenvalue weighted by Crippen LogP contribution is -2.28. The predicted molar refractivity (Wildman–Crippen MR) is 112 cm³/mol. The number of rotatable bonds is 9. The Labute approximate surface area is 174 Å². The van der Waals surface area contributed by atoms with Gasteiger partial charge in [0, 0.05) is 31.4 Å². The third-order valence-corrected chi connectivity index (χ3v) is 4.48. The van der Waals surface area contributed by atoms with Crippen LogP contribution >= 0.6 is 11.8 Å². The Morgan fingerprint density at radius 3 is 2.34 bits per heavy atom. The van der Waals surface area contributed by atoms with Gasteiger partial charge < -0.3 is 9.47 Å². The molecule has 2 rings (SSSR count). The van der Waals surface area contributed by atoms with E-state index in [-0.39, 0.29) is 12.6 Å². The van der Waals surface area contributed by atoms with Gasteiger partial charge in [0.25, 0.3) is 0 Å². The fraction of sp³-hybridized carbons (Fsp3) is 0.286. The summed E-state index contributed by atoms with van der Waals surface area (Å²) in [7, 11) is 0. The molecule has 0 atom stereocenters. The number of amides is 2. The highest BCUT2D eigenvalue weighted by Crippen LogP contribution is 2.27. The van der Waals surface area contributed by atoms with E-state index in [0.717, 1.165) is 5.56 Å². The largest absolute Gasteiger partial charge is 0.463 e. The lowest BCUT2D eigenvalue weighted by atomic mass is 10.1. The first-order valence-corrected chi connectivity index (χ1v) is 10.2. The average Bonchev–Trinajstić information content (AvgIpc) is 3.08. The molecule has 0 N–H and O–H groups in total. The van der Waals surface area contributed by atoms with Crippen molar-refractivity contribution in [3.63, 3.8) is 0 Å². The number of carbonyl (C=O) groups is 3. The van der Waals surface area contributed by atoms with Crippen LogP contribution < -0.4 is 0 Å². The second kappa shape index (κ2) is 11.8. The quantitative estimate of drug-likeness (QED) is 0.452. The Morgan fingerprint density at radius 2 is 1.69 bits per heavy atom. The number of hydrogen-bond acceptors (Lipinski definition) is 6. The van der Waals surface area contributed by atoms with Crippen LogP contribution in [0.2, 0.25) is 0 Å². The molecule has 1 heterocycles. The SMILES string of the molecule is CCOC(=O)/C=C/S/C=C(/c1ccccc1)N1CCN(/C=C/C(=O)OCC)C1=O. The van der Waals surface area contributed by atoms with Crippen LogP contribution in [0, 0.1) is 0 Å². The number of ether oxygens (including phenoxy) is 2. The number of carbonyl (C=O) groups excluding carboxylic acids is 3. The number of urea groups is 1. The summed E-state index contributed by atoms with van der Waals surface area (Å²) in [6, 6.07) is 9.26. The van der Waals surface area contributed by atoms with Crippen molar-refractivity contribution >= 4 is 35.4 Å². The maximum Gasteiger partial charge on any atom is 0.332 e. The van der Waals surface area contributed by atoms with E-state index < -0.39 is 11.9 Å². The lowest BCUT2D eigenvalue weighted by molar-refractivity contribution is -0.138. The molecule has 1 aliphatic rings. The molecule has 0 spiro atoms. The Bertz CT molecular complexity index is 805. The zero-order chi connectivity index (χ0) is 21.1. The normalized spacial score (nSPS) is 14.8. The summed E-state index contributed by atoms with van der Waals surface area (Å²) in [5.74, 6) is -0.903. The number of benzene rings is 1. The molecular formula is C21H24N2O5S. The van der Waals surface area contributed by atoms with E-state index in [9.17, 15) is 14.4 Å². The van der Waals surface area contributed by atoms with E-state index >= 15 is 0 Å². The van der Waals surface area contributed by atoms with Gasteiger partial charge in [0.05, 0.1) is 18.9 Å². The molecule has 1 aliphatic heterocycles. The highest BCUT2D eigenvalue weighted by atomic mass is 32.2. The maximum absolute atomic E-state index is 12.8. The van der Waals surface area contributed by atoms with Gasteiger partial charge >= 0.3 is 18.0 Å². The molecule has 0 unspecified atom stereocenters. The Morgan fingerprint density at radius 1 is 1.03 bits per heavy atom. The summed E-state index contributed by atoms with van der Waals surface area (Å²) in [5, 5.41) is 3.42. The molecule has 0 aliphatic carbocycles. The van der Waals surface area contributed by atoms with Gasteiger partial charge in [0.1, 0.15) is 0 Å². The number of thioether (sulfide) groups is 1. The minimum absolute atomic E-state index is 0.240. The van der Waals surface area contributed by atoms with Crippen molar-refractivity contribution in [2.45, 2.75) is 13.8 Å². The van der Waals surface area contributed by atoms with Crippen molar-refractivity contribution in [3.05, 3.63) is 65.1 Å². The zero-order valence-corrected chi connectivity index (χ0v) is 17.3. The molecule has 2 amide bonds. The maximum atomic E-state index is 12.8. The lowest BCUT2D eigenvalue weighted by Gasteiger charge is -2.20. The van der Waals surface area contributed by atoms with Gasteiger partial charge in [-0.2, -0.15) is 0 Å². The average molecular weight is 416 g/mol. The van der Waals surface area contributed by atoms with Crippen molar-refractivity contribution in [1.82, 2.24) is 9.80 Å². The van der Waals surface area contributed by atoms with E-state index in [1.165, 1.54) is 35.0 Å². The molecule has 0 aromatic heterocycles. The van der Waals surface area contributed by atoms with Crippen LogP contribution in [0.1, 0.15) is 19.4 Å². The molecule has 8 heteroatoms. The fourth-order valence-corrected chi connectivity index (χ4v) is 3.20. The van der Waals surface area contributed by atoms with Gasteiger partial charge in [-0.15, -0.1) is 11.8 Å². The molecule has 0 bridgehead atoms. The minimum Gasteiger partial charge on any atom is -0.463 e. The van der Waals surface area contributed by atoms with Crippen LogP contribution in [0.3, 0.4) is 0 Å². The molecule has 29 heavy (non-hydrogen) atoms. The Balaban J connectivity index is 2.15. The first-order chi connectivity index (χ1) is 14.1. The van der Waals surface area contributed by atoms with Gasteiger partial charge in [-0.05, 0) is 30.2 Å². The molecule has 1 aromatic carbocycles. The molecular weight excluding hydrogens is 392 g/mol. The molecule has 0 saturated carbocycles. The Kier molecular flexibility index (Phi) is 9.04. The highest BCUT2D eigenvalue weighted by molar-refractivity contribution is 8.05. The summed E-state index contributed by atoms with van der Waals surface area (Å²) in [6.07, 6.45) is 4.03. The third-order valence-electron chi connectivity index (χ3n) is 3.83. The molecule has 7 nitrogen and oxygen atoms in total. The summed E-state index contributed by atoms with van der Waals surface area (Å²) >= 11 is 1.28. The zero-order valence-electron chi connectivity index (χ0n) is 16.4. The van der Waals surface area contributed by atoms with Crippen LogP contribution in [0.4, 0.5) is 4.79 Å². The summed E-state index contributed by atoms with van der Waals surface area (Å²) in [4.78, 5) is 38.8. The van der Waals surface area contributed by atoms with Gasteiger partial charge in [0.2, 0.25) is 0 Å². The van der Waals surface area contributed by atoms with Crippen LogP contribution in [-0.4, -0.2) is 54.1 Å².